The van der Waals surface area contributed by atoms with Crippen LogP contribution in [0, 0.1) is 29.4 Å². The molecule has 1 amide bonds. The molecule has 0 bridgehead atoms. The quantitative estimate of drug-likeness (QED) is 0.415. The van der Waals surface area contributed by atoms with Crippen LogP contribution in [0.4, 0.5) is 25.0 Å². The third-order valence-electron chi connectivity index (χ3n) is 7.68. The third-order valence-corrected chi connectivity index (χ3v) is 10.3. The van der Waals surface area contributed by atoms with Crippen LogP contribution in [0.1, 0.15) is 0 Å². The van der Waals surface area contributed by atoms with Crippen LogP contribution >= 0.6 is 11.3 Å². The van der Waals surface area contributed by atoms with E-state index in [1.165, 1.54) is 38.7 Å². The predicted molar refractivity (Wildman–Crippen MR) is 143 cm³/mol. The zero-order valence-corrected chi connectivity index (χ0v) is 22.5. The number of carbonyl (C=O) groups excluding carboxylic acids is 1. The molecule has 0 spiro atoms. The number of benzene rings is 2. The van der Waals surface area contributed by atoms with E-state index in [2.05, 4.69) is 0 Å². The molecule has 0 N–H and O–H groups in total. The van der Waals surface area contributed by atoms with Gasteiger partial charge >= 0.3 is 6.09 Å². The fourth-order valence-electron chi connectivity index (χ4n) is 5.52. The Morgan fingerprint density at radius 1 is 1.05 bits per heavy atom. The van der Waals surface area contributed by atoms with Gasteiger partial charge in [0.25, 0.3) is 0 Å². The van der Waals surface area contributed by atoms with Gasteiger partial charge in [0.15, 0.2) is 5.06 Å². The lowest BCUT2D eigenvalue weighted by Crippen LogP contribution is -2.38. The molecule has 6 rings (SSSR count). The Bertz CT molecular complexity index is 1430. The van der Waals surface area contributed by atoms with Crippen LogP contribution in [0.5, 0.6) is 5.06 Å². The van der Waals surface area contributed by atoms with E-state index in [4.69, 9.17) is 9.47 Å². The second-order valence-corrected chi connectivity index (χ2v) is 12.8. The fourth-order valence-corrected chi connectivity index (χ4v) is 7.60. The minimum absolute atomic E-state index is 0.0440. The molecule has 3 fully saturated rings. The summed E-state index contributed by atoms with van der Waals surface area (Å²) in [4.78, 5) is 16.7. The van der Waals surface area contributed by atoms with E-state index in [0.29, 0.717) is 55.8 Å². The lowest BCUT2D eigenvalue weighted by atomic mass is 10.2. The number of carbonyl (C=O) groups is 1. The molecular formula is C27H27F2N3O5S2. The van der Waals surface area contributed by atoms with E-state index in [1.54, 1.807) is 29.6 Å². The SMILES string of the molecule is O=C(Oc1cccs1)N(CC1C2CN(S(=O)(=O)c3ccc(F)cc3)CC12)c1ccc(N2CCOCC2)c(F)c1. The zero-order chi connectivity index (χ0) is 27.1. The van der Waals surface area contributed by atoms with Crippen molar-refractivity contribution in [3.63, 3.8) is 0 Å². The number of ether oxygens (including phenoxy) is 2. The van der Waals surface area contributed by atoms with Crippen molar-refractivity contribution in [3.05, 3.63) is 71.6 Å². The van der Waals surface area contributed by atoms with Crippen LogP contribution in [-0.4, -0.2) is 64.8 Å². The number of fused-ring (bicyclic) bond motifs is 1. The maximum Gasteiger partial charge on any atom is 0.420 e. The molecule has 2 aromatic carbocycles. The van der Waals surface area contributed by atoms with Crippen molar-refractivity contribution in [2.75, 3.05) is 55.7 Å². The maximum atomic E-state index is 15.2. The van der Waals surface area contributed by atoms with Crippen LogP contribution in [0.3, 0.4) is 0 Å². The lowest BCUT2D eigenvalue weighted by molar-refractivity contribution is 0.122. The van der Waals surface area contributed by atoms with Crippen molar-refractivity contribution in [2.45, 2.75) is 4.90 Å². The largest absolute Gasteiger partial charge is 0.420 e. The van der Waals surface area contributed by atoms with Gasteiger partial charge in [-0.1, -0.05) is 0 Å². The summed E-state index contributed by atoms with van der Waals surface area (Å²) in [7, 11) is -3.73. The Hall–Kier alpha value is -3.06. The summed E-state index contributed by atoms with van der Waals surface area (Å²) in [5, 5.41) is 2.23. The van der Waals surface area contributed by atoms with Crippen LogP contribution in [0.2, 0.25) is 0 Å². The minimum Gasteiger partial charge on any atom is -0.399 e. The van der Waals surface area contributed by atoms with Gasteiger partial charge in [0.2, 0.25) is 10.0 Å². The minimum atomic E-state index is -3.73. The average Bonchev–Trinajstić information content (AvgIpc) is 3.28. The van der Waals surface area contributed by atoms with Crippen LogP contribution < -0.4 is 14.5 Å². The standard InChI is InChI=1S/C27H27F2N3O5S2/c28-18-3-6-20(7-4-18)39(34,35)31-15-21-22(16-31)23(21)17-32(27(33)37-26-2-1-13-38-26)19-5-8-25(24(29)14-19)30-9-11-36-12-10-30/h1-8,13-14,21-23H,9-12,15-17H2. The molecule has 2 aliphatic heterocycles. The number of halogens is 2. The van der Waals surface area contributed by atoms with Gasteiger partial charge in [-0.25, -0.2) is 22.0 Å². The number of amides is 1. The molecule has 3 heterocycles. The Kier molecular flexibility index (Phi) is 7.04. The van der Waals surface area contributed by atoms with E-state index in [0.717, 1.165) is 12.1 Å². The van der Waals surface area contributed by atoms with Gasteiger partial charge in [-0.2, -0.15) is 4.31 Å². The molecule has 3 aromatic rings. The number of morpholine rings is 1. The van der Waals surface area contributed by atoms with Crippen molar-refractivity contribution >= 4 is 38.8 Å². The summed E-state index contributed by atoms with van der Waals surface area (Å²) >= 11 is 1.28. The Morgan fingerprint density at radius 2 is 1.77 bits per heavy atom. The molecule has 0 radical (unpaired) electrons. The summed E-state index contributed by atoms with van der Waals surface area (Å²) in [6, 6.07) is 13.0. The molecule has 2 unspecified atom stereocenters. The molecule has 1 aromatic heterocycles. The number of anilines is 2. The number of hydrogen-bond acceptors (Lipinski definition) is 7. The van der Waals surface area contributed by atoms with Crippen LogP contribution in [-0.2, 0) is 14.8 Å². The number of nitrogens with zero attached hydrogens (tertiary/aromatic N) is 3. The summed E-state index contributed by atoms with van der Waals surface area (Å²) in [5.74, 6) is -0.759. The van der Waals surface area contributed by atoms with Gasteiger partial charge in [0, 0.05) is 32.7 Å². The highest BCUT2D eigenvalue weighted by molar-refractivity contribution is 7.89. The summed E-state index contributed by atoms with van der Waals surface area (Å²) in [6.07, 6.45) is -0.614. The molecule has 8 nitrogen and oxygen atoms in total. The molecule has 206 valence electrons. The van der Waals surface area contributed by atoms with Crippen LogP contribution in [0.25, 0.3) is 0 Å². The highest BCUT2D eigenvalue weighted by atomic mass is 32.2. The Balaban J connectivity index is 1.18. The number of piperidine rings is 1. The van der Waals surface area contributed by atoms with Crippen molar-refractivity contribution < 1.29 is 31.5 Å². The molecule has 39 heavy (non-hydrogen) atoms. The molecule has 1 saturated carbocycles. The first-order valence-electron chi connectivity index (χ1n) is 12.7. The second-order valence-electron chi connectivity index (χ2n) is 9.91. The first-order valence-corrected chi connectivity index (χ1v) is 15.0. The number of rotatable bonds is 7. The van der Waals surface area contributed by atoms with Crippen LogP contribution in [0.15, 0.2) is 64.9 Å². The maximum absolute atomic E-state index is 15.2. The topological polar surface area (TPSA) is 79.4 Å². The molecule has 1 aliphatic carbocycles. The number of thiophene rings is 1. The van der Waals surface area contributed by atoms with Crippen molar-refractivity contribution in [1.82, 2.24) is 4.31 Å². The Labute approximate surface area is 229 Å². The zero-order valence-electron chi connectivity index (χ0n) is 20.9. The van der Waals surface area contributed by atoms with Crippen molar-refractivity contribution in [1.29, 1.82) is 0 Å². The van der Waals surface area contributed by atoms with Crippen molar-refractivity contribution in [2.24, 2.45) is 17.8 Å². The van der Waals surface area contributed by atoms with Crippen molar-refractivity contribution in [3.8, 4) is 5.06 Å². The molecular weight excluding hydrogens is 548 g/mol. The lowest BCUT2D eigenvalue weighted by Gasteiger charge is -2.30. The number of hydrogen-bond donors (Lipinski definition) is 0. The smallest absolute Gasteiger partial charge is 0.399 e. The summed E-state index contributed by atoms with van der Waals surface area (Å²) < 4.78 is 66.9. The van der Waals surface area contributed by atoms with Gasteiger partial charge in [0.1, 0.15) is 11.6 Å². The molecule has 2 saturated heterocycles. The highest BCUT2D eigenvalue weighted by Crippen LogP contribution is 2.53. The second kappa shape index (κ2) is 10.5. The molecule has 12 heteroatoms. The van der Waals surface area contributed by atoms with E-state index >= 15 is 4.39 Å². The van der Waals surface area contributed by atoms with Gasteiger partial charge in [-0.05, 0) is 77.7 Å². The van der Waals surface area contributed by atoms with E-state index in [1.807, 2.05) is 4.90 Å². The van der Waals surface area contributed by atoms with Gasteiger partial charge in [0.05, 0.1) is 29.5 Å². The predicted octanol–water partition coefficient (Wildman–Crippen LogP) is 4.44. The number of sulfonamides is 1. The van der Waals surface area contributed by atoms with E-state index in [9.17, 15) is 17.6 Å². The first kappa shape index (κ1) is 26.2. The highest BCUT2D eigenvalue weighted by Gasteiger charge is 2.58. The molecule has 2 atom stereocenters. The van der Waals surface area contributed by atoms with Gasteiger partial charge < -0.3 is 14.4 Å². The van der Waals surface area contributed by atoms with E-state index in [-0.39, 0.29) is 29.2 Å². The van der Waals surface area contributed by atoms with E-state index < -0.39 is 27.8 Å². The van der Waals surface area contributed by atoms with Gasteiger partial charge in [-0.15, -0.1) is 11.3 Å². The van der Waals surface area contributed by atoms with Gasteiger partial charge in [-0.3, -0.25) is 4.90 Å². The Morgan fingerprint density at radius 3 is 2.41 bits per heavy atom. The summed E-state index contributed by atoms with van der Waals surface area (Å²) in [5.41, 5.74) is 0.838. The normalized spacial score (nSPS) is 22.9. The third kappa shape index (κ3) is 5.25. The molecule has 3 aliphatic rings. The fraction of sp³-hybridized carbons (Fsp3) is 0.370. The summed E-state index contributed by atoms with van der Waals surface area (Å²) in [6.45, 7) is 3.13. The monoisotopic (exact) mass is 575 g/mol. The first-order chi connectivity index (χ1) is 18.8. The average molecular weight is 576 g/mol.